The fourth-order valence-corrected chi connectivity index (χ4v) is 1.21. The van der Waals surface area contributed by atoms with E-state index in [1.807, 2.05) is 33.8 Å². The van der Waals surface area contributed by atoms with Gasteiger partial charge in [0.15, 0.2) is 0 Å². The normalized spacial score (nSPS) is 10.9. The van der Waals surface area contributed by atoms with E-state index in [2.05, 4.69) is 4.74 Å². The van der Waals surface area contributed by atoms with Gasteiger partial charge in [0.1, 0.15) is 5.75 Å². The fourth-order valence-electron chi connectivity index (χ4n) is 1.21. The number of aryl methyl sites for hydroxylation is 1. The van der Waals surface area contributed by atoms with E-state index in [0.29, 0.717) is 5.56 Å². The van der Waals surface area contributed by atoms with Crippen LogP contribution in [-0.4, -0.2) is 6.36 Å². The number of halogens is 3. The number of hydrogen-bond acceptors (Lipinski definition) is 1. The number of rotatable bonds is 2. The molecule has 17 heavy (non-hydrogen) atoms. The molecule has 1 aromatic rings. The minimum Gasteiger partial charge on any atom is -0.406 e. The van der Waals surface area contributed by atoms with Gasteiger partial charge in [-0.1, -0.05) is 39.8 Å². The summed E-state index contributed by atoms with van der Waals surface area (Å²) in [6.45, 7) is 9.43. The molecule has 0 radical (unpaired) electrons. The smallest absolute Gasteiger partial charge is 0.406 e. The lowest BCUT2D eigenvalue weighted by atomic mass is 10.0. The van der Waals surface area contributed by atoms with E-state index >= 15 is 0 Å². The lowest BCUT2D eigenvalue weighted by Gasteiger charge is -2.13. The molecule has 1 aromatic carbocycles. The predicted molar refractivity (Wildman–Crippen MR) is 63.3 cm³/mol. The molecule has 0 aromatic heterocycles. The van der Waals surface area contributed by atoms with Crippen LogP contribution in [0, 0.1) is 6.92 Å². The SMILES string of the molecule is CC.Cc1ccc(C(C)C)cc1OC(F)(F)F. The van der Waals surface area contributed by atoms with Gasteiger partial charge in [-0.25, -0.2) is 0 Å². The van der Waals surface area contributed by atoms with Crippen LogP contribution in [0.25, 0.3) is 0 Å². The minimum atomic E-state index is -4.62. The van der Waals surface area contributed by atoms with Crippen LogP contribution in [-0.2, 0) is 0 Å². The van der Waals surface area contributed by atoms with Crippen LogP contribution >= 0.6 is 0 Å². The van der Waals surface area contributed by atoms with E-state index in [-0.39, 0.29) is 11.7 Å². The monoisotopic (exact) mass is 248 g/mol. The average Bonchev–Trinajstić information content (AvgIpc) is 2.22. The molecule has 0 fully saturated rings. The number of benzene rings is 1. The first-order valence-electron chi connectivity index (χ1n) is 5.66. The Morgan fingerprint density at radius 1 is 1.12 bits per heavy atom. The molecule has 0 aliphatic heterocycles. The molecule has 1 nitrogen and oxygen atoms in total. The van der Waals surface area contributed by atoms with E-state index in [4.69, 9.17) is 0 Å². The molecule has 4 heteroatoms. The first-order chi connectivity index (χ1) is 7.79. The van der Waals surface area contributed by atoms with Crippen molar-refractivity contribution >= 4 is 0 Å². The summed E-state index contributed by atoms with van der Waals surface area (Å²) in [4.78, 5) is 0. The number of alkyl halides is 3. The van der Waals surface area contributed by atoms with Crippen molar-refractivity contribution < 1.29 is 17.9 Å². The first kappa shape index (κ1) is 15.8. The van der Waals surface area contributed by atoms with Gasteiger partial charge in [0.2, 0.25) is 0 Å². The highest BCUT2D eigenvalue weighted by Gasteiger charge is 2.31. The molecule has 0 aliphatic carbocycles. The van der Waals surface area contributed by atoms with Crippen LogP contribution in [0.5, 0.6) is 5.75 Å². The Morgan fingerprint density at radius 2 is 1.65 bits per heavy atom. The molecule has 0 atom stereocenters. The summed E-state index contributed by atoms with van der Waals surface area (Å²) in [6, 6.07) is 4.88. The zero-order valence-corrected chi connectivity index (χ0v) is 10.9. The second-order valence-corrected chi connectivity index (χ2v) is 3.73. The van der Waals surface area contributed by atoms with Gasteiger partial charge in [0.05, 0.1) is 0 Å². The maximum atomic E-state index is 12.0. The van der Waals surface area contributed by atoms with Crippen LogP contribution in [0.1, 0.15) is 44.7 Å². The largest absolute Gasteiger partial charge is 0.573 e. The molecule has 98 valence electrons. The van der Waals surface area contributed by atoms with Crippen molar-refractivity contribution in [3.63, 3.8) is 0 Å². The van der Waals surface area contributed by atoms with E-state index in [1.54, 1.807) is 13.0 Å². The first-order valence-corrected chi connectivity index (χ1v) is 5.66. The summed E-state index contributed by atoms with van der Waals surface area (Å²) in [5, 5.41) is 0. The summed E-state index contributed by atoms with van der Waals surface area (Å²) in [7, 11) is 0. The Bertz CT molecular complexity index is 343. The van der Waals surface area contributed by atoms with E-state index < -0.39 is 6.36 Å². The molecule has 0 heterocycles. The third kappa shape index (κ3) is 5.61. The number of ether oxygens (including phenoxy) is 1. The summed E-state index contributed by atoms with van der Waals surface area (Å²) >= 11 is 0. The zero-order chi connectivity index (χ0) is 13.6. The second-order valence-electron chi connectivity index (χ2n) is 3.73. The zero-order valence-electron chi connectivity index (χ0n) is 10.9. The van der Waals surface area contributed by atoms with Gasteiger partial charge in [-0.3, -0.25) is 0 Å². The predicted octanol–water partition coefficient (Wildman–Crippen LogP) is 5.04. The van der Waals surface area contributed by atoms with E-state index in [0.717, 1.165) is 5.56 Å². The van der Waals surface area contributed by atoms with Crippen LogP contribution in [0.15, 0.2) is 18.2 Å². The molecule has 0 spiro atoms. The van der Waals surface area contributed by atoms with Gasteiger partial charge in [0, 0.05) is 0 Å². The van der Waals surface area contributed by atoms with Crippen molar-refractivity contribution in [3.05, 3.63) is 29.3 Å². The lowest BCUT2D eigenvalue weighted by molar-refractivity contribution is -0.274. The highest BCUT2D eigenvalue weighted by molar-refractivity contribution is 5.37. The average molecular weight is 248 g/mol. The molecular formula is C13H19F3O. The molecule has 0 amide bonds. The summed E-state index contributed by atoms with van der Waals surface area (Å²) in [5.74, 6) is 0.0647. The molecule has 1 rings (SSSR count). The Balaban J connectivity index is 0.00000121. The molecule has 0 saturated carbocycles. The van der Waals surface area contributed by atoms with Crippen LogP contribution < -0.4 is 4.74 Å². The minimum absolute atomic E-state index is 0.117. The third-order valence-corrected chi connectivity index (χ3v) is 2.10. The summed E-state index contributed by atoms with van der Waals surface area (Å²) < 4.78 is 40.0. The maximum absolute atomic E-state index is 12.0. The quantitative estimate of drug-likeness (QED) is 0.712. The standard InChI is InChI=1S/C11H13F3O.C2H6/c1-7(2)9-5-4-8(3)10(6-9)15-11(12,13)14;1-2/h4-7H,1-3H3;1-2H3. The van der Waals surface area contributed by atoms with Gasteiger partial charge in [0.25, 0.3) is 0 Å². The Hall–Kier alpha value is -1.19. The molecular weight excluding hydrogens is 229 g/mol. The van der Waals surface area contributed by atoms with Crippen LogP contribution in [0.2, 0.25) is 0 Å². The third-order valence-electron chi connectivity index (χ3n) is 2.10. The van der Waals surface area contributed by atoms with Crippen molar-refractivity contribution in [2.24, 2.45) is 0 Å². The van der Waals surface area contributed by atoms with Gasteiger partial charge < -0.3 is 4.74 Å². The van der Waals surface area contributed by atoms with E-state index in [9.17, 15) is 13.2 Å². The Labute approximate surface area is 101 Å². The Kier molecular flexibility index (Phi) is 6.07. The summed E-state index contributed by atoms with van der Waals surface area (Å²) in [5.41, 5.74) is 1.32. The molecule has 0 aliphatic rings. The van der Waals surface area contributed by atoms with Crippen molar-refractivity contribution in [1.29, 1.82) is 0 Å². The van der Waals surface area contributed by atoms with Gasteiger partial charge in [-0.2, -0.15) is 0 Å². The van der Waals surface area contributed by atoms with E-state index in [1.165, 1.54) is 6.07 Å². The van der Waals surface area contributed by atoms with Crippen LogP contribution in [0.3, 0.4) is 0 Å². The topological polar surface area (TPSA) is 9.23 Å². The molecule has 0 unspecified atom stereocenters. The van der Waals surface area contributed by atoms with Crippen molar-refractivity contribution in [3.8, 4) is 5.75 Å². The van der Waals surface area contributed by atoms with Gasteiger partial charge in [-0.15, -0.1) is 13.2 Å². The highest BCUT2D eigenvalue weighted by Crippen LogP contribution is 2.29. The van der Waals surface area contributed by atoms with Crippen molar-refractivity contribution in [2.45, 2.75) is 46.9 Å². The molecule has 0 N–H and O–H groups in total. The van der Waals surface area contributed by atoms with Crippen LogP contribution in [0.4, 0.5) is 13.2 Å². The van der Waals surface area contributed by atoms with Gasteiger partial charge >= 0.3 is 6.36 Å². The number of hydrogen-bond donors (Lipinski definition) is 0. The lowest BCUT2D eigenvalue weighted by Crippen LogP contribution is -2.17. The summed E-state index contributed by atoms with van der Waals surface area (Å²) in [6.07, 6.45) is -4.62. The maximum Gasteiger partial charge on any atom is 0.573 e. The molecule has 0 bridgehead atoms. The highest BCUT2D eigenvalue weighted by atomic mass is 19.4. The molecule has 0 saturated heterocycles. The van der Waals surface area contributed by atoms with Crippen molar-refractivity contribution in [2.75, 3.05) is 0 Å². The fraction of sp³-hybridized carbons (Fsp3) is 0.538. The van der Waals surface area contributed by atoms with Crippen molar-refractivity contribution in [1.82, 2.24) is 0 Å². The Morgan fingerprint density at radius 3 is 2.06 bits per heavy atom. The second kappa shape index (κ2) is 6.52. The van der Waals surface area contributed by atoms with Gasteiger partial charge in [-0.05, 0) is 30.0 Å².